The normalized spacial score (nSPS) is 19.5. The minimum atomic E-state index is -1.25. The average molecular weight is 395 g/mol. The highest BCUT2D eigenvalue weighted by molar-refractivity contribution is 7.14. The van der Waals surface area contributed by atoms with Gasteiger partial charge in [-0.1, -0.05) is 11.3 Å². The topological polar surface area (TPSA) is 144 Å². The van der Waals surface area contributed by atoms with Crippen LogP contribution in [0.1, 0.15) is 40.0 Å². The first-order valence-corrected chi connectivity index (χ1v) is 8.70. The van der Waals surface area contributed by atoms with Gasteiger partial charge in [-0.2, -0.15) is 0 Å². The van der Waals surface area contributed by atoms with Crippen LogP contribution in [-0.2, 0) is 19.1 Å². The molecule has 1 aromatic heterocycles. The highest BCUT2D eigenvalue weighted by atomic mass is 32.1. The smallest absolute Gasteiger partial charge is 0.337 e. The van der Waals surface area contributed by atoms with Crippen molar-refractivity contribution in [1.29, 1.82) is 0 Å². The van der Waals surface area contributed by atoms with E-state index in [1.54, 1.807) is 0 Å². The number of nitrogens with zero attached hydrogens (tertiary/aromatic N) is 3. The lowest BCUT2D eigenvalue weighted by molar-refractivity contribution is -0.380. The van der Waals surface area contributed by atoms with Gasteiger partial charge in [0.2, 0.25) is 5.91 Å². The van der Waals surface area contributed by atoms with Gasteiger partial charge in [-0.15, -0.1) is 0 Å². The van der Waals surface area contributed by atoms with Crippen LogP contribution in [0.4, 0.5) is 5.00 Å². The summed E-state index contributed by atoms with van der Waals surface area (Å²) in [6.07, 6.45) is -0.407. The Hall–Kier alpha value is -3.15. The lowest BCUT2D eigenvalue weighted by atomic mass is 10.0. The molecule has 0 N–H and O–H groups in total. The zero-order valence-electron chi connectivity index (χ0n) is 14.0. The number of carbonyl (C=O) groups excluding carboxylic acids is 5. The Kier molecular flexibility index (Phi) is 4.74. The number of likely N-dealkylation sites (tertiary alicyclic amines) is 1. The molecule has 1 saturated heterocycles. The van der Waals surface area contributed by atoms with Crippen molar-refractivity contribution in [3.8, 4) is 0 Å². The summed E-state index contributed by atoms with van der Waals surface area (Å²) >= 11 is 0.664. The Morgan fingerprint density at radius 3 is 2.67 bits per heavy atom. The summed E-state index contributed by atoms with van der Waals surface area (Å²) in [6.45, 7) is -0.238. The van der Waals surface area contributed by atoms with Gasteiger partial charge in [0.05, 0.1) is 24.0 Å². The average Bonchev–Trinajstić information content (AvgIpc) is 3.16. The lowest BCUT2D eigenvalue weighted by Crippen LogP contribution is -2.56. The van der Waals surface area contributed by atoms with Crippen LogP contribution in [0.15, 0.2) is 5.38 Å². The van der Waals surface area contributed by atoms with Crippen LogP contribution in [0.25, 0.3) is 0 Å². The van der Waals surface area contributed by atoms with Crippen molar-refractivity contribution in [1.82, 2.24) is 9.80 Å². The Labute approximate surface area is 155 Å². The number of amides is 4. The number of thiophene rings is 1. The summed E-state index contributed by atoms with van der Waals surface area (Å²) in [4.78, 5) is 72.9. The fraction of sp³-hybridized carbons (Fsp3) is 0.400. The minimum absolute atomic E-state index is 0.0780. The third-order valence-corrected chi connectivity index (χ3v) is 5.31. The Morgan fingerprint density at radius 2 is 2.04 bits per heavy atom. The van der Waals surface area contributed by atoms with E-state index in [-0.39, 0.29) is 36.9 Å². The van der Waals surface area contributed by atoms with Crippen LogP contribution in [0.5, 0.6) is 0 Å². The number of fused-ring (bicyclic) bond motifs is 1. The quantitative estimate of drug-likeness (QED) is 0.300. The van der Waals surface area contributed by atoms with Gasteiger partial charge in [0.25, 0.3) is 17.7 Å². The molecule has 0 aliphatic carbocycles. The summed E-state index contributed by atoms with van der Waals surface area (Å²) in [6, 6.07) is -1.25. The second-order valence-corrected chi connectivity index (χ2v) is 6.69. The van der Waals surface area contributed by atoms with Crippen molar-refractivity contribution >= 4 is 45.9 Å². The molecule has 1 fully saturated rings. The van der Waals surface area contributed by atoms with Crippen LogP contribution >= 0.6 is 11.3 Å². The maximum Gasteiger partial charge on any atom is 0.337 e. The van der Waals surface area contributed by atoms with Gasteiger partial charge in [-0.3, -0.25) is 43.9 Å². The highest BCUT2D eigenvalue weighted by Crippen LogP contribution is 2.38. The molecule has 2 aliphatic heterocycles. The molecule has 0 radical (unpaired) electrons. The highest BCUT2D eigenvalue weighted by Gasteiger charge is 2.50. The number of hydrogen-bond acceptors (Lipinski definition) is 9. The molecule has 3 rings (SSSR count). The zero-order valence-corrected chi connectivity index (χ0v) is 14.8. The van der Waals surface area contributed by atoms with Gasteiger partial charge < -0.3 is 4.74 Å². The van der Waals surface area contributed by atoms with Crippen molar-refractivity contribution in [3.05, 3.63) is 26.6 Å². The van der Waals surface area contributed by atoms with E-state index >= 15 is 0 Å². The maximum atomic E-state index is 12.7. The summed E-state index contributed by atoms with van der Waals surface area (Å²) in [5.41, 5.74) is -0.455. The fourth-order valence-corrected chi connectivity index (χ4v) is 3.92. The summed E-state index contributed by atoms with van der Waals surface area (Å²) in [5, 5.41) is 11.8. The molecule has 2 aliphatic rings. The van der Waals surface area contributed by atoms with Crippen LogP contribution in [0.3, 0.4) is 0 Å². The number of carbonyl (C=O) groups is 5. The van der Waals surface area contributed by atoms with Crippen LogP contribution < -0.4 is 0 Å². The molecule has 1 unspecified atom stereocenters. The molecule has 1 atom stereocenters. The lowest BCUT2D eigenvalue weighted by Gasteiger charge is -2.34. The number of hydrogen-bond donors (Lipinski definition) is 0. The number of piperidine rings is 1. The standard InChI is InChI=1S/C15H13N3O8S/c1-26-10(20)4-5-16-9(19)3-2-8(13(16)22)17-12(21)7-6-27-15(18(24)25)11(7)14(17)23/h6,8H,2-5H2,1H3. The molecule has 12 heteroatoms. The predicted molar refractivity (Wildman–Crippen MR) is 87.8 cm³/mol. The second kappa shape index (κ2) is 6.87. The van der Waals surface area contributed by atoms with Gasteiger partial charge in [0, 0.05) is 18.3 Å². The van der Waals surface area contributed by atoms with Gasteiger partial charge in [0.15, 0.2) is 0 Å². The number of nitro groups is 1. The largest absolute Gasteiger partial charge is 0.469 e. The molecule has 0 saturated carbocycles. The fourth-order valence-electron chi connectivity index (χ4n) is 3.07. The molecule has 27 heavy (non-hydrogen) atoms. The molecule has 4 amide bonds. The molecule has 3 heterocycles. The van der Waals surface area contributed by atoms with Crippen molar-refractivity contribution < 1.29 is 33.6 Å². The van der Waals surface area contributed by atoms with E-state index in [0.29, 0.717) is 16.2 Å². The van der Waals surface area contributed by atoms with E-state index < -0.39 is 45.6 Å². The molecule has 0 spiro atoms. The Balaban J connectivity index is 1.86. The van der Waals surface area contributed by atoms with Crippen molar-refractivity contribution in [3.63, 3.8) is 0 Å². The van der Waals surface area contributed by atoms with Crippen LogP contribution in [-0.4, -0.2) is 64.0 Å². The molecule has 142 valence electrons. The summed E-state index contributed by atoms with van der Waals surface area (Å²) < 4.78 is 4.47. The first kappa shape index (κ1) is 18.6. The monoisotopic (exact) mass is 395 g/mol. The van der Waals surface area contributed by atoms with Crippen LogP contribution in [0.2, 0.25) is 0 Å². The van der Waals surface area contributed by atoms with Crippen molar-refractivity contribution in [2.45, 2.75) is 25.3 Å². The minimum Gasteiger partial charge on any atom is -0.469 e. The predicted octanol–water partition coefficient (Wildman–Crippen LogP) is 0.333. The van der Waals surface area contributed by atoms with E-state index in [1.165, 1.54) is 5.38 Å². The van der Waals surface area contributed by atoms with E-state index in [4.69, 9.17) is 0 Å². The number of methoxy groups -OCH3 is 1. The van der Waals surface area contributed by atoms with Crippen LogP contribution in [0, 0.1) is 10.1 Å². The molecule has 0 aromatic carbocycles. The Morgan fingerprint density at radius 1 is 1.33 bits per heavy atom. The summed E-state index contributed by atoms with van der Waals surface area (Å²) in [7, 11) is 1.16. The molecule has 1 aromatic rings. The molecular formula is C15H13N3O8S. The van der Waals surface area contributed by atoms with Crippen molar-refractivity contribution in [2.24, 2.45) is 0 Å². The number of rotatable bonds is 5. The van der Waals surface area contributed by atoms with Crippen molar-refractivity contribution in [2.75, 3.05) is 13.7 Å². The first-order valence-electron chi connectivity index (χ1n) is 7.82. The second-order valence-electron chi connectivity index (χ2n) is 5.83. The number of ether oxygens (including phenoxy) is 1. The van der Waals surface area contributed by atoms with Gasteiger partial charge in [-0.05, 0) is 6.42 Å². The number of esters is 1. The Bertz CT molecular complexity index is 892. The SMILES string of the molecule is COC(=O)CCN1C(=O)CCC(N2C(=O)c3csc([N+](=O)[O-])c3C2=O)C1=O. The van der Waals surface area contributed by atoms with E-state index in [9.17, 15) is 34.1 Å². The maximum absolute atomic E-state index is 12.7. The third kappa shape index (κ3) is 2.97. The van der Waals surface area contributed by atoms with Gasteiger partial charge in [0.1, 0.15) is 11.6 Å². The third-order valence-electron chi connectivity index (χ3n) is 4.38. The number of imide groups is 2. The van der Waals surface area contributed by atoms with E-state index in [0.717, 1.165) is 12.0 Å². The molecular weight excluding hydrogens is 382 g/mol. The van der Waals surface area contributed by atoms with E-state index in [2.05, 4.69) is 4.74 Å². The summed E-state index contributed by atoms with van der Waals surface area (Å²) in [5.74, 6) is -3.68. The first-order chi connectivity index (χ1) is 12.8. The molecule has 0 bridgehead atoms. The zero-order chi connectivity index (χ0) is 19.9. The van der Waals surface area contributed by atoms with E-state index in [1.807, 2.05) is 0 Å². The van der Waals surface area contributed by atoms with Gasteiger partial charge in [-0.25, -0.2) is 0 Å². The van der Waals surface area contributed by atoms with Gasteiger partial charge >= 0.3 is 11.0 Å². The molecule has 11 nitrogen and oxygen atoms in total.